The summed E-state index contributed by atoms with van der Waals surface area (Å²) in [6.07, 6.45) is 21.0. The number of benzene rings is 2. The van der Waals surface area contributed by atoms with Crippen LogP contribution in [0.25, 0.3) is 11.3 Å². The average molecular weight is 484 g/mol. The Morgan fingerprint density at radius 2 is 1.73 bits per heavy atom. The highest BCUT2D eigenvalue weighted by atomic mass is 14.9. The third-order valence-electron chi connectivity index (χ3n) is 8.58. The predicted octanol–water partition coefficient (Wildman–Crippen LogP) is 9.74. The Kier molecular flexibility index (Phi) is 6.03. The van der Waals surface area contributed by atoms with E-state index in [1.54, 1.807) is 5.57 Å². The van der Waals surface area contributed by atoms with Crippen LogP contribution in [0.3, 0.4) is 0 Å². The molecule has 1 nitrogen and oxygen atoms in total. The van der Waals surface area contributed by atoms with Crippen molar-refractivity contribution in [3.8, 4) is 0 Å². The second-order valence-corrected chi connectivity index (χ2v) is 11.4. The Balaban J connectivity index is 1.44. The maximum Gasteiger partial charge on any atom is 0.0499 e. The van der Waals surface area contributed by atoms with E-state index in [0.29, 0.717) is 5.92 Å². The molecule has 1 N–H and O–H groups in total. The SMILES string of the molecule is Cc1ccccc1/C(Nc1ccc(C2=CC=CCC2)cc1)=C1/C=C2C(=CC1C)C1=C(C=CCC1)C2(C)C. The molecule has 0 radical (unpaired) electrons. The summed E-state index contributed by atoms with van der Waals surface area (Å²) < 4.78 is 0. The molecule has 1 atom stereocenters. The van der Waals surface area contributed by atoms with Crippen LogP contribution in [0.4, 0.5) is 5.69 Å². The lowest BCUT2D eigenvalue weighted by molar-refractivity contribution is 0.571. The van der Waals surface area contributed by atoms with E-state index in [9.17, 15) is 0 Å². The molecular formula is C36H37N. The van der Waals surface area contributed by atoms with Crippen LogP contribution < -0.4 is 5.32 Å². The van der Waals surface area contributed by atoms with Gasteiger partial charge in [-0.15, -0.1) is 0 Å². The minimum atomic E-state index is 0.0319. The number of allylic oxidation sites excluding steroid dienone is 13. The van der Waals surface area contributed by atoms with E-state index in [4.69, 9.17) is 0 Å². The van der Waals surface area contributed by atoms with E-state index in [1.165, 1.54) is 50.3 Å². The minimum Gasteiger partial charge on any atom is -0.355 e. The Hall–Kier alpha value is -3.58. The fourth-order valence-electron chi connectivity index (χ4n) is 6.45. The third-order valence-corrected chi connectivity index (χ3v) is 8.58. The van der Waals surface area contributed by atoms with Gasteiger partial charge in [0.05, 0.1) is 0 Å². The molecule has 0 fully saturated rings. The lowest BCUT2D eigenvalue weighted by Gasteiger charge is -2.29. The molecule has 0 aliphatic heterocycles. The van der Waals surface area contributed by atoms with Gasteiger partial charge in [-0.05, 0) is 89.3 Å². The molecule has 0 saturated heterocycles. The average Bonchev–Trinajstić information content (AvgIpc) is 3.14. The molecule has 37 heavy (non-hydrogen) atoms. The lowest BCUT2D eigenvalue weighted by Crippen LogP contribution is -2.17. The number of hydrogen-bond acceptors (Lipinski definition) is 1. The molecule has 186 valence electrons. The number of nitrogens with one attached hydrogen (secondary N) is 1. The summed E-state index contributed by atoms with van der Waals surface area (Å²) in [5, 5.41) is 3.88. The summed E-state index contributed by atoms with van der Waals surface area (Å²) >= 11 is 0. The summed E-state index contributed by atoms with van der Waals surface area (Å²) in [5.74, 6) is 0.327. The number of rotatable bonds is 4. The van der Waals surface area contributed by atoms with Crippen LogP contribution in [-0.2, 0) is 0 Å². The quantitative estimate of drug-likeness (QED) is 0.456. The lowest BCUT2D eigenvalue weighted by atomic mass is 9.75. The van der Waals surface area contributed by atoms with Crippen LogP contribution in [0, 0.1) is 18.3 Å². The smallest absolute Gasteiger partial charge is 0.0499 e. The van der Waals surface area contributed by atoms with E-state index in [2.05, 4.69) is 124 Å². The van der Waals surface area contributed by atoms with Gasteiger partial charge >= 0.3 is 0 Å². The fraction of sp³-hybridized carbons (Fsp3) is 0.278. The number of aryl methyl sites for hydroxylation is 1. The summed E-state index contributed by atoms with van der Waals surface area (Å²) in [4.78, 5) is 0. The van der Waals surface area contributed by atoms with Crippen LogP contribution in [0.15, 0.2) is 119 Å². The number of anilines is 1. The molecule has 6 rings (SSSR count). The summed E-state index contributed by atoms with van der Waals surface area (Å²) in [6, 6.07) is 17.8. The summed E-state index contributed by atoms with van der Waals surface area (Å²) in [6.45, 7) is 9.36. The Bertz CT molecular complexity index is 1460. The highest BCUT2D eigenvalue weighted by molar-refractivity contribution is 5.85. The highest BCUT2D eigenvalue weighted by Gasteiger charge is 2.41. The molecule has 0 bridgehead atoms. The summed E-state index contributed by atoms with van der Waals surface area (Å²) in [5.41, 5.74) is 15.1. The van der Waals surface area contributed by atoms with Gasteiger partial charge in [0.15, 0.2) is 0 Å². The molecule has 2 aromatic rings. The maximum atomic E-state index is 3.88. The molecule has 4 aliphatic rings. The van der Waals surface area contributed by atoms with Gasteiger partial charge in [0, 0.05) is 28.3 Å². The minimum absolute atomic E-state index is 0.0319. The van der Waals surface area contributed by atoms with Gasteiger partial charge in [0.2, 0.25) is 0 Å². The van der Waals surface area contributed by atoms with Crippen molar-refractivity contribution in [2.75, 3.05) is 5.32 Å². The van der Waals surface area contributed by atoms with Crippen molar-refractivity contribution in [2.24, 2.45) is 11.3 Å². The summed E-state index contributed by atoms with van der Waals surface area (Å²) in [7, 11) is 0. The first-order valence-electron chi connectivity index (χ1n) is 13.8. The first-order chi connectivity index (χ1) is 17.9. The normalized spacial score (nSPS) is 23.1. The van der Waals surface area contributed by atoms with Crippen molar-refractivity contribution in [3.05, 3.63) is 136 Å². The molecule has 2 aromatic carbocycles. The molecule has 4 aliphatic carbocycles. The highest BCUT2D eigenvalue weighted by Crippen LogP contribution is 2.56. The van der Waals surface area contributed by atoms with Crippen molar-refractivity contribution >= 4 is 17.0 Å². The van der Waals surface area contributed by atoms with Crippen molar-refractivity contribution in [3.63, 3.8) is 0 Å². The molecule has 0 saturated carbocycles. The van der Waals surface area contributed by atoms with Gasteiger partial charge in [-0.1, -0.05) is 99.7 Å². The van der Waals surface area contributed by atoms with Gasteiger partial charge < -0.3 is 5.32 Å². The van der Waals surface area contributed by atoms with Crippen molar-refractivity contribution in [2.45, 2.75) is 53.4 Å². The van der Waals surface area contributed by atoms with E-state index in [0.717, 1.165) is 31.4 Å². The molecule has 1 heteroatoms. The van der Waals surface area contributed by atoms with E-state index in [1.807, 2.05) is 0 Å². The zero-order valence-electron chi connectivity index (χ0n) is 22.6. The van der Waals surface area contributed by atoms with Gasteiger partial charge in [0.25, 0.3) is 0 Å². The first kappa shape index (κ1) is 23.8. The molecule has 0 aromatic heterocycles. The van der Waals surface area contributed by atoms with Crippen LogP contribution in [0.1, 0.15) is 63.1 Å². The standard InChI is InChI=1S/C36H37N/c1-24-12-8-9-15-29(24)35(37-28-20-18-27(19-21-28)26-13-6-5-7-14-26)31-23-34-32(22-25(31)2)30-16-10-11-17-33(30)36(34,3)4/h5-6,8-9,11-13,15,17-23,25,37H,7,10,14,16H2,1-4H3/b35-31+. The van der Waals surface area contributed by atoms with Crippen LogP contribution in [0.5, 0.6) is 0 Å². The number of fused-ring (bicyclic) bond motifs is 2. The number of hydrogen-bond donors (Lipinski definition) is 1. The van der Waals surface area contributed by atoms with Gasteiger partial charge in [0.1, 0.15) is 0 Å². The van der Waals surface area contributed by atoms with Crippen molar-refractivity contribution < 1.29 is 0 Å². The molecule has 1 unspecified atom stereocenters. The first-order valence-corrected chi connectivity index (χ1v) is 13.8. The van der Waals surface area contributed by atoms with Crippen LogP contribution >= 0.6 is 0 Å². The van der Waals surface area contributed by atoms with E-state index >= 15 is 0 Å². The Labute approximate surface area is 222 Å². The molecule has 0 spiro atoms. The molecular weight excluding hydrogens is 446 g/mol. The van der Waals surface area contributed by atoms with Crippen molar-refractivity contribution in [1.82, 2.24) is 0 Å². The second kappa shape index (κ2) is 9.38. The van der Waals surface area contributed by atoms with Gasteiger partial charge in [-0.25, -0.2) is 0 Å². The largest absolute Gasteiger partial charge is 0.355 e. The van der Waals surface area contributed by atoms with Crippen molar-refractivity contribution in [1.29, 1.82) is 0 Å². The van der Waals surface area contributed by atoms with Gasteiger partial charge in [-0.3, -0.25) is 0 Å². The van der Waals surface area contributed by atoms with Crippen LogP contribution in [-0.4, -0.2) is 0 Å². The van der Waals surface area contributed by atoms with Crippen LogP contribution in [0.2, 0.25) is 0 Å². The fourth-order valence-corrected chi connectivity index (χ4v) is 6.45. The predicted molar refractivity (Wildman–Crippen MR) is 159 cm³/mol. The maximum absolute atomic E-state index is 3.88. The topological polar surface area (TPSA) is 12.0 Å². The zero-order chi connectivity index (χ0) is 25.6. The van der Waals surface area contributed by atoms with E-state index in [-0.39, 0.29) is 5.41 Å². The Morgan fingerprint density at radius 1 is 0.946 bits per heavy atom. The zero-order valence-corrected chi connectivity index (χ0v) is 22.6. The molecule has 0 amide bonds. The third kappa shape index (κ3) is 4.21. The Morgan fingerprint density at radius 3 is 2.49 bits per heavy atom. The molecule has 0 heterocycles. The van der Waals surface area contributed by atoms with Gasteiger partial charge in [-0.2, -0.15) is 0 Å². The monoisotopic (exact) mass is 483 g/mol. The second-order valence-electron chi connectivity index (χ2n) is 11.4. The van der Waals surface area contributed by atoms with E-state index < -0.39 is 0 Å².